The largest absolute Gasteiger partial charge is 0.496 e. The van der Waals surface area contributed by atoms with E-state index >= 15 is 0 Å². The van der Waals surface area contributed by atoms with Gasteiger partial charge in [0.05, 0.1) is 32.0 Å². The third-order valence-corrected chi connectivity index (χ3v) is 6.74. The second-order valence-corrected chi connectivity index (χ2v) is 8.72. The molecule has 4 atom stereocenters. The van der Waals surface area contributed by atoms with E-state index < -0.39 is 6.10 Å². The van der Waals surface area contributed by atoms with Crippen molar-refractivity contribution in [2.75, 3.05) is 13.7 Å². The Hall–Kier alpha value is -1.53. The summed E-state index contributed by atoms with van der Waals surface area (Å²) >= 11 is 1.94. The lowest BCUT2D eigenvalue weighted by Gasteiger charge is -2.33. The highest BCUT2D eigenvalue weighted by atomic mass is 32.2. The Morgan fingerprint density at radius 3 is 2.81 bits per heavy atom. The normalized spacial score (nSPS) is 27.4. The van der Waals surface area contributed by atoms with Crippen LogP contribution >= 0.6 is 11.8 Å². The average molecular weight is 387 g/mol. The van der Waals surface area contributed by atoms with Gasteiger partial charge in [0.2, 0.25) is 0 Å². The zero-order chi connectivity index (χ0) is 18.8. The summed E-state index contributed by atoms with van der Waals surface area (Å²) in [7, 11) is 1.71. The van der Waals surface area contributed by atoms with E-state index in [1.807, 2.05) is 23.9 Å². The number of benzene rings is 2. The Kier molecular flexibility index (Phi) is 5.74. The van der Waals surface area contributed by atoms with Gasteiger partial charge in [-0.3, -0.25) is 0 Å². The van der Waals surface area contributed by atoms with Crippen LogP contribution in [0.3, 0.4) is 0 Å². The first-order valence-electron chi connectivity index (χ1n) is 9.52. The van der Waals surface area contributed by atoms with E-state index in [1.54, 1.807) is 7.11 Å². The number of ether oxygens (including phenoxy) is 2. The first-order chi connectivity index (χ1) is 13.2. The second kappa shape index (κ2) is 8.23. The molecule has 1 saturated heterocycles. The summed E-state index contributed by atoms with van der Waals surface area (Å²) in [4.78, 5) is 1.38. The Bertz CT molecular complexity index is 769. The molecule has 2 heterocycles. The molecule has 0 bridgehead atoms. The summed E-state index contributed by atoms with van der Waals surface area (Å²) in [5.74, 6) is 0.894. The van der Waals surface area contributed by atoms with E-state index in [2.05, 4.69) is 30.3 Å². The number of thioether (sulfide) groups is 1. The van der Waals surface area contributed by atoms with Gasteiger partial charge in [0.25, 0.3) is 0 Å². The minimum absolute atomic E-state index is 0.0620. The van der Waals surface area contributed by atoms with Crippen LogP contribution in [-0.2, 0) is 17.6 Å². The number of fused-ring (bicyclic) bond motifs is 1. The first kappa shape index (κ1) is 18.8. The van der Waals surface area contributed by atoms with Crippen LogP contribution in [0.2, 0.25) is 0 Å². The molecule has 1 fully saturated rings. The number of aliphatic hydroxyl groups is 2. The fourth-order valence-electron chi connectivity index (χ4n) is 4.09. The summed E-state index contributed by atoms with van der Waals surface area (Å²) in [5, 5.41) is 20.0. The van der Waals surface area contributed by atoms with Crippen molar-refractivity contribution < 1.29 is 19.7 Å². The lowest BCUT2D eigenvalue weighted by molar-refractivity contribution is -0.113. The molecule has 2 aromatic rings. The van der Waals surface area contributed by atoms with Crippen molar-refractivity contribution in [3.05, 3.63) is 59.2 Å². The predicted octanol–water partition coefficient (Wildman–Crippen LogP) is 3.53. The van der Waals surface area contributed by atoms with E-state index in [9.17, 15) is 10.2 Å². The molecular weight excluding hydrogens is 360 g/mol. The van der Waals surface area contributed by atoms with Crippen molar-refractivity contribution in [2.24, 2.45) is 0 Å². The van der Waals surface area contributed by atoms with Crippen LogP contribution in [0.1, 0.15) is 35.6 Å². The number of rotatable bonds is 5. The summed E-state index contributed by atoms with van der Waals surface area (Å²) in [6, 6.07) is 14.8. The van der Waals surface area contributed by atoms with Crippen LogP contribution in [0.15, 0.2) is 47.4 Å². The minimum Gasteiger partial charge on any atom is -0.496 e. The van der Waals surface area contributed by atoms with Crippen LogP contribution < -0.4 is 4.74 Å². The monoisotopic (exact) mass is 386 g/mol. The fraction of sp³-hybridized carbons (Fsp3) is 0.455. The molecule has 2 aliphatic rings. The topological polar surface area (TPSA) is 58.9 Å². The lowest BCUT2D eigenvalue weighted by atomic mass is 9.93. The fourth-order valence-corrected chi connectivity index (χ4v) is 5.44. The highest BCUT2D eigenvalue weighted by molar-refractivity contribution is 8.00. The molecule has 0 spiro atoms. The molecule has 2 N–H and O–H groups in total. The molecule has 0 radical (unpaired) electrons. The van der Waals surface area contributed by atoms with Gasteiger partial charge in [0.15, 0.2) is 0 Å². The Morgan fingerprint density at radius 2 is 2.04 bits per heavy atom. The van der Waals surface area contributed by atoms with Gasteiger partial charge < -0.3 is 19.7 Å². The van der Waals surface area contributed by atoms with Gasteiger partial charge in [-0.1, -0.05) is 24.3 Å². The van der Waals surface area contributed by atoms with Crippen molar-refractivity contribution >= 4 is 11.8 Å². The molecular formula is C22H26O4S. The molecule has 2 aromatic carbocycles. The summed E-state index contributed by atoms with van der Waals surface area (Å²) < 4.78 is 11.6. The molecule has 2 aliphatic heterocycles. The van der Waals surface area contributed by atoms with E-state index in [0.717, 1.165) is 24.2 Å². The molecule has 4 rings (SSSR count). The van der Waals surface area contributed by atoms with Crippen molar-refractivity contribution in [1.82, 2.24) is 0 Å². The number of hydrogen-bond acceptors (Lipinski definition) is 5. The smallest absolute Gasteiger partial charge is 0.122 e. The first-order valence-corrected chi connectivity index (χ1v) is 10.4. The van der Waals surface area contributed by atoms with E-state index in [4.69, 9.17) is 9.47 Å². The van der Waals surface area contributed by atoms with Gasteiger partial charge in [-0.2, -0.15) is 0 Å². The maximum Gasteiger partial charge on any atom is 0.122 e. The van der Waals surface area contributed by atoms with Gasteiger partial charge >= 0.3 is 0 Å². The van der Waals surface area contributed by atoms with Crippen LogP contribution in [-0.4, -0.2) is 41.4 Å². The number of methoxy groups -OCH3 is 1. The van der Waals surface area contributed by atoms with Crippen LogP contribution in [0.5, 0.6) is 5.75 Å². The van der Waals surface area contributed by atoms with Crippen LogP contribution in [0.4, 0.5) is 0 Å². The summed E-state index contributed by atoms with van der Waals surface area (Å²) in [5.41, 5.74) is 3.64. The molecule has 4 nitrogen and oxygen atoms in total. The van der Waals surface area contributed by atoms with Crippen molar-refractivity contribution in [3.8, 4) is 5.75 Å². The Labute approximate surface area is 164 Å². The third kappa shape index (κ3) is 4.16. The van der Waals surface area contributed by atoms with Crippen LogP contribution in [0, 0.1) is 0 Å². The zero-order valence-corrected chi connectivity index (χ0v) is 16.3. The highest BCUT2D eigenvalue weighted by Gasteiger charge is 2.30. The molecule has 0 aliphatic carbocycles. The molecule has 0 aromatic heterocycles. The second-order valence-electron chi connectivity index (χ2n) is 7.38. The third-order valence-electron chi connectivity index (χ3n) is 5.42. The number of aliphatic hydroxyl groups excluding tert-OH is 2. The van der Waals surface area contributed by atoms with Gasteiger partial charge in [0.1, 0.15) is 5.75 Å². The van der Waals surface area contributed by atoms with E-state index in [-0.39, 0.29) is 18.8 Å². The molecule has 5 heteroatoms. The molecule has 27 heavy (non-hydrogen) atoms. The lowest BCUT2D eigenvalue weighted by Crippen LogP contribution is -2.33. The standard InChI is InChI=1S/C22H26O4S/c1-25-20-7-6-14(21-12-17(24)11-18(13-23)26-21)8-16(20)10-19-9-15-4-2-3-5-22(15)27-19/h2-8,17-19,21,23-24H,9-13H2,1H3. The van der Waals surface area contributed by atoms with Crippen LogP contribution in [0.25, 0.3) is 0 Å². The van der Waals surface area contributed by atoms with Gasteiger partial charge in [0, 0.05) is 23.0 Å². The Balaban J connectivity index is 1.53. The average Bonchev–Trinajstić information content (AvgIpc) is 3.09. The van der Waals surface area contributed by atoms with Gasteiger partial charge in [-0.25, -0.2) is 0 Å². The van der Waals surface area contributed by atoms with Gasteiger partial charge in [-0.05, 0) is 47.7 Å². The van der Waals surface area contributed by atoms with Crippen molar-refractivity contribution in [1.29, 1.82) is 0 Å². The molecule has 144 valence electrons. The minimum atomic E-state index is -0.439. The van der Waals surface area contributed by atoms with E-state index in [0.29, 0.717) is 18.1 Å². The SMILES string of the molecule is COc1ccc(C2CC(O)CC(CO)O2)cc1CC1Cc2ccccc2S1. The predicted molar refractivity (Wildman–Crippen MR) is 106 cm³/mol. The van der Waals surface area contributed by atoms with Crippen molar-refractivity contribution in [3.63, 3.8) is 0 Å². The molecule has 0 saturated carbocycles. The molecule has 4 unspecified atom stereocenters. The quantitative estimate of drug-likeness (QED) is 0.823. The van der Waals surface area contributed by atoms with E-state index in [1.165, 1.54) is 16.0 Å². The highest BCUT2D eigenvalue weighted by Crippen LogP contribution is 2.40. The Morgan fingerprint density at radius 1 is 1.19 bits per heavy atom. The maximum atomic E-state index is 10.1. The van der Waals surface area contributed by atoms with Gasteiger partial charge in [-0.15, -0.1) is 11.8 Å². The number of hydrogen-bond donors (Lipinski definition) is 2. The maximum absolute atomic E-state index is 10.1. The van der Waals surface area contributed by atoms with Crippen molar-refractivity contribution in [2.45, 2.75) is 54.1 Å². The molecule has 0 amide bonds. The summed E-state index contributed by atoms with van der Waals surface area (Å²) in [6.45, 7) is -0.0620. The zero-order valence-electron chi connectivity index (χ0n) is 15.5. The summed E-state index contributed by atoms with van der Waals surface area (Å²) in [6.07, 6.45) is 2.12.